The highest BCUT2D eigenvalue weighted by atomic mass is 35.5. The number of rotatable bonds is 5. The van der Waals surface area contributed by atoms with E-state index < -0.39 is 0 Å². The lowest BCUT2D eigenvalue weighted by atomic mass is 10.1. The van der Waals surface area contributed by atoms with Gasteiger partial charge in [0.1, 0.15) is 0 Å². The van der Waals surface area contributed by atoms with Crippen molar-refractivity contribution in [2.45, 2.75) is 39.7 Å². The number of hydrogen-bond donors (Lipinski definition) is 1. The third-order valence-electron chi connectivity index (χ3n) is 5.13. The number of likely N-dealkylation sites (N-methyl/N-ethyl adjacent to an activating group) is 1. The summed E-state index contributed by atoms with van der Waals surface area (Å²) in [4.78, 5) is 21.3. The molecule has 152 valence electrons. The molecule has 0 fully saturated rings. The lowest BCUT2D eigenvalue weighted by Gasteiger charge is -2.23. The minimum atomic E-state index is -0.180. The van der Waals surface area contributed by atoms with Crippen LogP contribution in [-0.2, 0) is 13.0 Å². The molecular weight excluding hydrogens is 406 g/mol. The predicted octanol–water partition coefficient (Wildman–Crippen LogP) is 4.74. The Morgan fingerprint density at radius 3 is 2.93 bits per heavy atom. The van der Waals surface area contributed by atoms with Crippen LogP contribution in [-0.4, -0.2) is 38.7 Å². The van der Waals surface area contributed by atoms with Gasteiger partial charge in [-0.3, -0.25) is 15.0 Å². The molecular formula is C21H24ClN5OS. The second-order valence-corrected chi connectivity index (χ2v) is 8.97. The van der Waals surface area contributed by atoms with Crippen LogP contribution in [0.2, 0.25) is 5.02 Å². The van der Waals surface area contributed by atoms with Crippen molar-refractivity contribution in [3.05, 3.63) is 57.3 Å². The molecule has 0 atom stereocenters. The number of carbonyl (C=O) groups is 1. The molecule has 29 heavy (non-hydrogen) atoms. The van der Waals surface area contributed by atoms with Gasteiger partial charge in [0, 0.05) is 29.4 Å². The first kappa shape index (κ1) is 20.1. The molecule has 3 aromatic rings. The molecule has 6 nitrogen and oxygen atoms in total. The smallest absolute Gasteiger partial charge is 0.260 e. The second-order valence-electron chi connectivity index (χ2n) is 7.45. The average molecular weight is 430 g/mol. The second kappa shape index (κ2) is 8.26. The maximum Gasteiger partial charge on any atom is 0.260 e. The fourth-order valence-electron chi connectivity index (χ4n) is 3.64. The maximum atomic E-state index is 13.1. The first-order chi connectivity index (χ1) is 14.0. The highest BCUT2D eigenvalue weighted by Gasteiger charge is 2.24. The van der Waals surface area contributed by atoms with Crippen LogP contribution >= 0.6 is 22.9 Å². The van der Waals surface area contributed by atoms with Crippen LogP contribution in [0.4, 0.5) is 5.13 Å². The van der Waals surface area contributed by atoms with E-state index in [4.69, 9.17) is 11.6 Å². The lowest BCUT2D eigenvalue weighted by Crippen LogP contribution is -2.29. The van der Waals surface area contributed by atoms with Gasteiger partial charge in [-0.15, -0.1) is 11.3 Å². The molecule has 0 radical (unpaired) electrons. The van der Waals surface area contributed by atoms with Gasteiger partial charge in [-0.1, -0.05) is 38.4 Å². The number of hydrogen-bond acceptors (Lipinski definition) is 5. The Kier molecular flexibility index (Phi) is 5.72. The van der Waals surface area contributed by atoms with Gasteiger partial charge in [-0.2, -0.15) is 5.10 Å². The maximum absolute atomic E-state index is 13.1. The van der Waals surface area contributed by atoms with Crippen LogP contribution in [0.25, 0.3) is 5.69 Å². The Balaban J connectivity index is 1.61. The van der Waals surface area contributed by atoms with E-state index in [0.29, 0.717) is 15.7 Å². The number of fused-ring (bicyclic) bond motifs is 1. The van der Waals surface area contributed by atoms with E-state index in [1.165, 1.54) is 4.88 Å². The van der Waals surface area contributed by atoms with E-state index in [0.717, 1.165) is 43.1 Å². The van der Waals surface area contributed by atoms with E-state index >= 15 is 0 Å². The Morgan fingerprint density at radius 2 is 2.21 bits per heavy atom. The Morgan fingerprint density at radius 1 is 1.38 bits per heavy atom. The Labute approximate surface area is 179 Å². The molecule has 0 aliphatic carbocycles. The number of thiazole rings is 1. The number of carbonyl (C=O) groups excluding carboxylic acids is 1. The van der Waals surface area contributed by atoms with Crippen LogP contribution in [0, 0.1) is 0 Å². The summed E-state index contributed by atoms with van der Waals surface area (Å²) >= 11 is 7.71. The van der Waals surface area contributed by atoms with Crippen LogP contribution in [0.1, 0.15) is 53.3 Å². The molecule has 0 saturated carbocycles. The molecule has 4 rings (SSSR count). The van der Waals surface area contributed by atoms with Crippen molar-refractivity contribution in [3.63, 3.8) is 0 Å². The fraction of sp³-hybridized carbons (Fsp3) is 0.381. The van der Waals surface area contributed by atoms with Crippen molar-refractivity contribution in [2.24, 2.45) is 0 Å². The van der Waals surface area contributed by atoms with Crippen molar-refractivity contribution in [1.82, 2.24) is 19.7 Å². The normalized spacial score (nSPS) is 14.2. The SMILES string of the molecule is CCN1CCc2nc(NC(=O)c3cnn(-c4cccc(Cl)c4)c3C(C)C)sc2C1. The highest BCUT2D eigenvalue weighted by Crippen LogP contribution is 2.30. The molecule has 0 bridgehead atoms. The summed E-state index contributed by atoms with van der Waals surface area (Å²) in [6.45, 7) is 9.22. The Bertz CT molecular complexity index is 1040. The molecule has 8 heteroatoms. The molecule has 0 spiro atoms. The van der Waals surface area contributed by atoms with Crippen LogP contribution < -0.4 is 5.32 Å². The van der Waals surface area contributed by atoms with Gasteiger partial charge in [-0.05, 0) is 30.7 Å². The van der Waals surface area contributed by atoms with Gasteiger partial charge in [0.25, 0.3) is 5.91 Å². The van der Waals surface area contributed by atoms with Gasteiger partial charge in [-0.25, -0.2) is 9.67 Å². The quantitative estimate of drug-likeness (QED) is 0.636. The first-order valence-electron chi connectivity index (χ1n) is 9.82. The van der Waals surface area contributed by atoms with Gasteiger partial charge in [0.2, 0.25) is 0 Å². The Hall–Kier alpha value is -2.22. The number of nitrogens with one attached hydrogen (secondary N) is 1. The largest absolute Gasteiger partial charge is 0.298 e. The number of amides is 1. The molecule has 1 amide bonds. The van der Waals surface area contributed by atoms with E-state index in [1.54, 1.807) is 22.2 Å². The van der Waals surface area contributed by atoms with Crippen LogP contribution in [0.15, 0.2) is 30.5 Å². The zero-order chi connectivity index (χ0) is 20.5. The number of nitrogens with zero attached hydrogens (tertiary/aromatic N) is 4. The fourth-order valence-corrected chi connectivity index (χ4v) is 4.87. The molecule has 0 saturated heterocycles. The lowest BCUT2D eigenvalue weighted by molar-refractivity contribution is 0.102. The average Bonchev–Trinajstić information content (AvgIpc) is 3.31. The summed E-state index contributed by atoms with van der Waals surface area (Å²) in [7, 11) is 0. The van der Waals surface area contributed by atoms with E-state index in [9.17, 15) is 4.79 Å². The predicted molar refractivity (Wildman–Crippen MR) is 117 cm³/mol. The monoisotopic (exact) mass is 429 g/mol. The summed E-state index contributed by atoms with van der Waals surface area (Å²) in [5, 5.41) is 8.75. The van der Waals surface area contributed by atoms with Crippen molar-refractivity contribution in [3.8, 4) is 5.69 Å². The zero-order valence-corrected chi connectivity index (χ0v) is 18.3. The molecule has 1 aromatic carbocycles. The molecule has 1 aliphatic heterocycles. The van der Waals surface area contributed by atoms with Crippen molar-refractivity contribution >= 4 is 34.0 Å². The minimum Gasteiger partial charge on any atom is -0.298 e. The van der Waals surface area contributed by atoms with E-state index in [1.807, 2.05) is 24.3 Å². The third-order valence-corrected chi connectivity index (χ3v) is 6.36. The number of aromatic nitrogens is 3. The van der Waals surface area contributed by atoms with Gasteiger partial charge in [0.15, 0.2) is 5.13 Å². The van der Waals surface area contributed by atoms with Crippen molar-refractivity contribution in [2.75, 3.05) is 18.4 Å². The van der Waals surface area contributed by atoms with Gasteiger partial charge in [0.05, 0.1) is 28.8 Å². The molecule has 1 N–H and O–H groups in total. The standard InChI is InChI=1S/C21H24ClN5OS/c1-4-26-9-8-17-18(12-26)29-21(24-17)25-20(28)16-11-23-27(19(16)13(2)3)15-7-5-6-14(22)10-15/h5-7,10-11,13H,4,8-9,12H2,1-3H3,(H,24,25,28). The summed E-state index contributed by atoms with van der Waals surface area (Å²) in [5.74, 6) is -0.0692. The van der Waals surface area contributed by atoms with Crippen LogP contribution in [0.3, 0.4) is 0 Å². The van der Waals surface area contributed by atoms with Crippen molar-refractivity contribution in [1.29, 1.82) is 0 Å². The van der Waals surface area contributed by atoms with E-state index in [2.05, 4.69) is 41.1 Å². The summed E-state index contributed by atoms with van der Waals surface area (Å²) < 4.78 is 1.79. The highest BCUT2D eigenvalue weighted by molar-refractivity contribution is 7.15. The van der Waals surface area contributed by atoms with Crippen LogP contribution in [0.5, 0.6) is 0 Å². The summed E-state index contributed by atoms with van der Waals surface area (Å²) in [6.07, 6.45) is 2.55. The molecule has 1 aliphatic rings. The first-order valence-corrected chi connectivity index (χ1v) is 11.0. The van der Waals surface area contributed by atoms with Gasteiger partial charge < -0.3 is 0 Å². The van der Waals surface area contributed by atoms with E-state index in [-0.39, 0.29) is 11.8 Å². The summed E-state index contributed by atoms with van der Waals surface area (Å²) in [5.41, 5.74) is 3.35. The number of halogens is 1. The molecule has 3 heterocycles. The van der Waals surface area contributed by atoms with Crippen molar-refractivity contribution < 1.29 is 4.79 Å². The summed E-state index contributed by atoms with van der Waals surface area (Å²) in [6, 6.07) is 7.47. The topological polar surface area (TPSA) is 63.1 Å². The number of benzene rings is 1. The van der Waals surface area contributed by atoms with Gasteiger partial charge >= 0.3 is 0 Å². The minimum absolute atomic E-state index is 0.111. The number of anilines is 1. The third kappa shape index (κ3) is 4.08. The molecule has 2 aromatic heterocycles. The zero-order valence-electron chi connectivity index (χ0n) is 16.8. The molecule has 0 unspecified atom stereocenters.